The van der Waals surface area contributed by atoms with E-state index in [9.17, 15) is 0 Å². The molecule has 0 radical (unpaired) electrons. The minimum absolute atomic E-state index is 0.626. The fourth-order valence-corrected chi connectivity index (χ4v) is 0.279. The molecule has 0 aromatic carbocycles. The second-order valence-electron chi connectivity index (χ2n) is 0.841. The van der Waals surface area contributed by atoms with Gasteiger partial charge in [0.15, 0.2) is 0 Å². The van der Waals surface area contributed by atoms with Crippen LogP contribution < -0.4 is 5.09 Å². The Labute approximate surface area is 40.5 Å². The smallest absolute Gasteiger partial charge is 0.0993 e. The number of hydrogen-bond donors (Lipinski definition) is 1. The first-order valence-electron chi connectivity index (χ1n) is 1.93. The van der Waals surface area contributed by atoms with E-state index in [2.05, 4.69) is 14.5 Å². The molecule has 2 nitrogen and oxygen atoms in total. The van der Waals surface area contributed by atoms with Crippen LogP contribution in [0, 0.1) is 0 Å². The molecule has 0 aliphatic carbocycles. The second-order valence-corrected chi connectivity index (χ2v) is 1.25. The Kier molecular flexibility index (Phi) is 5.66. The molecule has 38 valence electrons. The molecule has 1 N–H and O–H groups in total. The molecule has 0 rings (SSSR count). The van der Waals surface area contributed by atoms with Gasteiger partial charge in [-0.3, -0.25) is 5.09 Å². The molecule has 0 aromatic rings. The van der Waals surface area contributed by atoms with Gasteiger partial charge in [0.25, 0.3) is 0 Å². The van der Waals surface area contributed by atoms with Crippen LogP contribution in [0.5, 0.6) is 0 Å². The monoisotopic (exact) mass is 107 g/mol. The van der Waals surface area contributed by atoms with Gasteiger partial charge in [0.2, 0.25) is 0 Å². The van der Waals surface area contributed by atoms with Crippen LogP contribution in [0.3, 0.4) is 0 Å². The third kappa shape index (κ3) is 4.35. The van der Waals surface area contributed by atoms with Crippen LogP contribution in [0.15, 0.2) is 0 Å². The van der Waals surface area contributed by atoms with Crippen LogP contribution in [0.4, 0.5) is 0 Å². The lowest BCUT2D eigenvalue weighted by Crippen LogP contribution is -2.03. The fourth-order valence-electron chi connectivity index (χ4n) is 0.161. The van der Waals surface area contributed by atoms with Gasteiger partial charge < -0.3 is 4.74 Å². The normalized spacial score (nSPS) is 9.00. The van der Waals surface area contributed by atoms with Crippen molar-refractivity contribution in [1.29, 1.82) is 0 Å². The summed E-state index contributed by atoms with van der Waals surface area (Å²) < 4.78 is 4.85. The van der Waals surface area contributed by atoms with E-state index >= 15 is 0 Å². The maximum Gasteiger partial charge on any atom is 0.0993 e. The summed E-state index contributed by atoms with van der Waals surface area (Å²) >= 11 is 0. The molecule has 3 heteroatoms. The van der Waals surface area contributed by atoms with Crippen LogP contribution in [0.25, 0.3) is 0 Å². The third-order valence-corrected chi connectivity index (χ3v) is 0.556. The largest absolute Gasteiger partial charge is 0.366 e. The summed E-state index contributed by atoms with van der Waals surface area (Å²) in [7, 11) is 2.35. The molecule has 0 saturated heterocycles. The van der Waals surface area contributed by atoms with E-state index in [0.29, 0.717) is 6.73 Å². The molecule has 0 saturated carbocycles. The Morgan fingerprint density at radius 3 is 2.67 bits per heavy atom. The van der Waals surface area contributed by atoms with E-state index in [1.807, 2.05) is 6.92 Å². The summed E-state index contributed by atoms with van der Waals surface area (Å²) in [6.07, 6.45) is 0. The minimum atomic E-state index is 0.626. The topological polar surface area (TPSA) is 21.3 Å². The molecule has 0 heterocycles. The zero-order chi connectivity index (χ0) is 4.83. The number of rotatable bonds is 3. The highest BCUT2D eigenvalue weighted by Crippen LogP contribution is 1.69. The maximum atomic E-state index is 4.85. The molecule has 0 fully saturated rings. The van der Waals surface area contributed by atoms with E-state index in [1.165, 1.54) is 0 Å². The Balaban J connectivity index is 2.34. The lowest BCUT2D eigenvalue weighted by Gasteiger charge is -1.93. The average Bonchev–Trinajstić information content (AvgIpc) is 1.61. The van der Waals surface area contributed by atoms with Gasteiger partial charge in [-0.25, -0.2) is 0 Å². The Bertz CT molecular complexity index is 22.8. The molecule has 0 aromatic heterocycles. The van der Waals surface area contributed by atoms with E-state index in [1.54, 1.807) is 0 Å². The zero-order valence-electron chi connectivity index (χ0n) is 3.90. The Morgan fingerprint density at radius 2 is 2.50 bits per heavy atom. The van der Waals surface area contributed by atoms with Gasteiger partial charge in [-0.1, -0.05) is 9.39 Å². The van der Waals surface area contributed by atoms with Crippen LogP contribution in [0.1, 0.15) is 6.92 Å². The highest BCUT2D eigenvalue weighted by Gasteiger charge is 1.70. The van der Waals surface area contributed by atoms with Gasteiger partial charge >= 0.3 is 0 Å². The lowest BCUT2D eigenvalue weighted by atomic mass is 10.9. The first-order valence-corrected chi connectivity index (χ1v) is 2.50. The summed E-state index contributed by atoms with van der Waals surface area (Å²) in [5, 5.41) is 2.76. The number of ether oxygens (including phenoxy) is 1. The molecule has 0 aliphatic rings. The van der Waals surface area contributed by atoms with Gasteiger partial charge in [0.05, 0.1) is 6.73 Å². The molecule has 0 bridgehead atoms. The van der Waals surface area contributed by atoms with Gasteiger partial charge in [-0.05, 0) is 6.92 Å². The van der Waals surface area contributed by atoms with Crippen LogP contribution in [0.2, 0.25) is 0 Å². The van der Waals surface area contributed by atoms with Gasteiger partial charge in [0, 0.05) is 6.61 Å². The highest BCUT2D eigenvalue weighted by molar-refractivity contribution is 7.13. The van der Waals surface area contributed by atoms with E-state index in [0.717, 1.165) is 6.61 Å². The average molecular weight is 107 g/mol. The molecule has 1 atom stereocenters. The predicted molar refractivity (Wildman–Crippen MR) is 29.3 cm³/mol. The molecular formula is C3H10NOP. The van der Waals surface area contributed by atoms with Gasteiger partial charge in [-0.2, -0.15) is 0 Å². The minimum Gasteiger partial charge on any atom is -0.366 e. The molecule has 0 aliphatic heterocycles. The van der Waals surface area contributed by atoms with Gasteiger partial charge in [-0.15, -0.1) is 0 Å². The Hall–Kier alpha value is 0.350. The standard InChI is InChI=1S/C3H10NOP/c1-2-5-3-4-6/h4H,2-3,6H2,1H3. The first-order chi connectivity index (χ1) is 2.91. The molecule has 6 heavy (non-hydrogen) atoms. The SMILES string of the molecule is CCOCNP. The summed E-state index contributed by atoms with van der Waals surface area (Å²) in [6, 6.07) is 0. The summed E-state index contributed by atoms with van der Waals surface area (Å²) in [5.74, 6) is 0. The van der Waals surface area contributed by atoms with Crippen molar-refractivity contribution in [3.63, 3.8) is 0 Å². The van der Waals surface area contributed by atoms with Crippen LogP contribution >= 0.6 is 9.39 Å². The second kappa shape index (κ2) is 5.35. The first kappa shape index (κ1) is 6.35. The maximum absolute atomic E-state index is 4.85. The van der Waals surface area contributed by atoms with Crippen molar-refractivity contribution < 1.29 is 4.74 Å². The number of hydrogen-bond acceptors (Lipinski definition) is 2. The summed E-state index contributed by atoms with van der Waals surface area (Å²) in [5.41, 5.74) is 0. The molecule has 0 amide bonds. The Morgan fingerprint density at radius 1 is 1.83 bits per heavy atom. The molecule has 1 unspecified atom stereocenters. The molecular weight excluding hydrogens is 97.0 g/mol. The third-order valence-electron chi connectivity index (χ3n) is 0.390. The van der Waals surface area contributed by atoms with E-state index in [4.69, 9.17) is 4.74 Å². The lowest BCUT2D eigenvalue weighted by molar-refractivity contribution is 0.146. The van der Waals surface area contributed by atoms with Crippen LogP contribution in [-0.4, -0.2) is 13.3 Å². The molecule has 0 spiro atoms. The fraction of sp³-hybridized carbons (Fsp3) is 1.00. The summed E-state index contributed by atoms with van der Waals surface area (Å²) in [4.78, 5) is 0. The van der Waals surface area contributed by atoms with Crippen molar-refractivity contribution in [2.24, 2.45) is 0 Å². The van der Waals surface area contributed by atoms with Crippen molar-refractivity contribution in [3.8, 4) is 0 Å². The van der Waals surface area contributed by atoms with E-state index in [-0.39, 0.29) is 0 Å². The van der Waals surface area contributed by atoms with Crippen molar-refractivity contribution in [1.82, 2.24) is 5.09 Å². The van der Waals surface area contributed by atoms with Crippen LogP contribution in [-0.2, 0) is 4.74 Å². The quantitative estimate of drug-likeness (QED) is 0.319. The van der Waals surface area contributed by atoms with Crippen molar-refractivity contribution in [2.75, 3.05) is 13.3 Å². The van der Waals surface area contributed by atoms with Crippen molar-refractivity contribution in [2.45, 2.75) is 6.92 Å². The highest BCUT2D eigenvalue weighted by atomic mass is 31.0. The number of nitrogens with one attached hydrogen (secondary N) is 1. The predicted octanol–water partition coefficient (Wildman–Crippen LogP) is 0.360. The zero-order valence-corrected chi connectivity index (χ0v) is 5.05. The van der Waals surface area contributed by atoms with Crippen molar-refractivity contribution in [3.05, 3.63) is 0 Å². The van der Waals surface area contributed by atoms with Gasteiger partial charge in [0.1, 0.15) is 0 Å². The summed E-state index contributed by atoms with van der Waals surface area (Å²) in [6.45, 7) is 3.37. The van der Waals surface area contributed by atoms with Crippen molar-refractivity contribution >= 4 is 9.39 Å². The van der Waals surface area contributed by atoms with E-state index < -0.39 is 0 Å².